The van der Waals surface area contributed by atoms with Crippen molar-refractivity contribution in [3.8, 4) is 0 Å². The summed E-state index contributed by atoms with van der Waals surface area (Å²) >= 11 is 5.15. The highest BCUT2D eigenvalue weighted by Gasteiger charge is 2.23. The molecule has 0 spiro atoms. The number of rotatable bonds is 3. The van der Waals surface area contributed by atoms with Crippen molar-refractivity contribution in [1.82, 2.24) is 0 Å². The lowest BCUT2D eigenvalue weighted by molar-refractivity contribution is -0.349. The van der Waals surface area contributed by atoms with Gasteiger partial charge in [-0.25, -0.2) is 0 Å². The quantitative estimate of drug-likeness (QED) is 0.247. The van der Waals surface area contributed by atoms with Crippen LogP contribution in [0, 0.1) is 0 Å². The van der Waals surface area contributed by atoms with E-state index in [1.54, 1.807) is 0 Å². The van der Waals surface area contributed by atoms with Crippen LogP contribution in [0.15, 0.2) is 0 Å². The molecule has 0 aliphatic rings. The molecule has 0 aromatic heterocycles. The van der Waals surface area contributed by atoms with Crippen molar-refractivity contribution in [3.63, 3.8) is 0 Å². The Morgan fingerprint density at radius 1 is 1.88 bits per heavy atom. The molecule has 47 valence electrons. The molecule has 4 heteroatoms. The molecule has 1 atom stereocenters. The molecule has 1 radical (unpaired) electrons. The fourth-order valence-corrected chi connectivity index (χ4v) is 0.181. The second-order valence-corrected chi connectivity index (χ2v) is 1.91. The van der Waals surface area contributed by atoms with E-state index in [-0.39, 0.29) is 5.88 Å². The van der Waals surface area contributed by atoms with E-state index in [0.717, 1.165) is 0 Å². The molecule has 0 fully saturated rings. The van der Waals surface area contributed by atoms with Crippen molar-refractivity contribution in [2.24, 2.45) is 0 Å². The third-order valence-electron chi connectivity index (χ3n) is 0.705. The van der Waals surface area contributed by atoms with Crippen molar-refractivity contribution in [3.05, 3.63) is 0 Å². The lowest BCUT2D eigenvalue weighted by atomic mass is 10.2. The minimum Gasteiger partial charge on any atom is -0.300 e. The largest absolute Gasteiger partial charge is 0.300 e. The van der Waals surface area contributed by atoms with Gasteiger partial charge in [0.1, 0.15) is 0 Å². The molecule has 0 amide bonds. The Balaban J connectivity index is 3.76. The zero-order valence-corrected chi connectivity index (χ0v) is 5.14. The Morgan fingerprint density at radius 3 is 2.38 bits per heavy atom. The van der Waals surface area contributed by atoms with E-state index in [1.807, 2.05) is 0 Å². The summed E-state index contributed by atoms with van der Waals surface area (Å²) in [6.07, 6.45) is 0.382. The molecular formula is C4H6ClO3. The molecule has 3 nitrogen and oxygen atoms in total. The van der Waals surface area contributed by atoms with Crippen LogP contribution in [-0.4, -0.2) is 17.8 Å². The predicted octanol–water partition coefficient (Wildman–Crippen LogP) is 0.545. The molecule has 0 aliphatic carbocycles. The lowest BCUT2D eigenvalue weighted by Crippen LogP contribution is -2.30. The Hall–Kier alpha value is -0.120. The van der Waals surface area contributed by atoms with Crippen LogP contribution in [0.3, 0.4) is 0 Å². The lowest BCUT2D eigenvalue weighted by Gasteiger charge is -2.11. The van der Waals surface area contributed by atoms with Crippen LogP contribution in [0.1, 0.15) is 6.92 Å². The minimum absolute atomic E-state index is 0.111. The van der Waals surface area contributed by atoms with Gasteiger partial charge in [0, 0.05) is 0 Å². The van der Waals surface area contributed by atoms with Gasteiger partial charge in [-0.1, -0.05) is 0 Å². The maximum atomic E-state index is 9.88. The van der Waals surface area contributed by atoms with Gasteiger partial charge in [-0.15, -0.1) is 11.6 Å². The summed E-state index contributed by atoms with van der Waals surface area (Å²) in [7, 11) is 0. The monoisotopic (exact) mass is 137 g/mol. The first-order valence-corrected chi connectivity index (χ1v) is 2.55. The van der Waals surface area contributed by atoms with Gasteiger partial charge in [-0.3, -0.25) is 4.79 Å². The van der Waals surface area contributed by atoms with Gasteiger partial charge >= 0.3 is 0 Å². The number of carbonyl (C=O) groups excluding carboxylic acids is 1. The van der Waals surface area contributed by atoms with Crippen LogP contribution in [0.25, 0.3) is 0 Å². The van der Waals surface area contributed by atoms with Gasteiger partial charge in [0.05, 0.1) is 5.88 Å². The van der Waals surface area contributed by atoms with E-state index in [1.165, 1.54) is 6.92 Å². The molecule has 0 rings (SSSR count). The second-order valence-electron chi connectivity index (χ2n) is 1.65. The number of alkyl halides is 1. The molecule has 0 N–H and O–H groups in total. The van der Waals surface area contributed by atoms with Crippen molar-refractivity contribution in [2.45, 2.75) is 12.5 Å². The zero-order chi connectivity index (χ0) is 6.62. The molecule has 0 aliphatic heterocycles. The molecule has 0 aromatic carbocycles. The maximum absolute atomic E-state index is 9.88. The number of carbonyl (C=O) groups is 1. The van der Waals surface area contributed by atoms with Crippen molar-refractivity contribution in [2.75, 3.05) is 5.88 Å². The first-order valence-electron chi connectivity index (χ1n) is 2.02. The minimum atomic E-state index is -1.35. The first-order chi connectivity index (χ1) is 3.68. The third kappa shape index (κ3) is 1.78. The molecule has 0 aromatic rings. The van der Waals surface area contributed by atoms with Crippen LogP contribution in [0.2, 0.25) is 0 Å². The molecule has 0 heterocycles. The number of halogens is 1. The SMILES string of the molecule is CC(C=O)(CCl)O[O]. The van der Waals surface area contributed by atoms with Gasteiger partial charge in [0.25, 0.3) is 0 Å². The molecule has 0 bridgehead atoms. The third-order valence-corrected chi connectivity index (χ3v) is 1.24. The molecule has 0 saturated heterocycles. The van der Waals surface area contributed by atoms with Crippen LogP contribution in [0.5, 0.6) is 0 Å². The summed E-state index contributed by atoms with van der Waals surface area (Å²) in [5, 5.41) is 9.60. The average Bonchev–Trinajstić information content (AvgIpc) is 1.87. The first kappa shape index (κ1) is 7.88. The molecule has 0 saturated carbocycles. The highest BCUT2D eigenvalue weighted by atomic mass is 35.5. The summed E-state index contributed by atoms with van der Waals surface area (Å²) in [4.78, 5) is 13.4. The highest BCUT2D eigenvalue weighted by Crippen LogP contribution is 2.06. The molecular weight excluding hydrogens is 131 g/mol. The van der Waals surface area contributed by atoms with Crippen molar-refractivity contribution in [1.29, 1.82) is 0 Å². The fourth-order valence-electron chi connectivity index (χ4n) is 0.0734. The van der Waals surface area contributed by atoms with E-state index < -0.39 is 5.60 Å². The zero-order valence-electron chi connectivity index (χ0n) is 4.39. The second kappa shape index (κ2) is 3.02. The summed E-state index contributed by atoms with van der Waals surface area (Å²) in [6.45, 7) is 1.32. The number of hydrogen-bond acceptors (Lipinski definition) is 2. The van der Waals surface area contributed by atoms with E-state index in [9.17, 15) is 10.1 Å². The van der Waals surface area contributed by atoms with Gasteiger partial charge in [0.15, 0.2) is 11.9 Å². The van der Waals surface area contributed by atoms with Gasteiger partial charge in [-0.05, 0) is 12.2 Å². The highest BCUT2D eigenvalue weighted by molar-refractivity contribution is 6.19. The van der Waals surface area contributed by atoms with Crippen LogP contribution in [-0.2, 0) is 14.9 Å². The Labute approximate surface area is 52.1 Å². The smallest absolute Gasteiger partial charge is 0.172 e. The van der Waals surface area contributed by atoms with Crippen molar-refractivity contribution < 1.29 is 14.9 Å². The summed E-state index contributed by atoms with van der Waals surface area (Å²) in [5.74, 6) is -0.111. The van der Waals surface area contributed by atoms with E-state index in [0.29, 0.717) is 6.29 Å². The Bertz CT molecular complexity index is 79.4. The summed E-state index contributed by atoms with van der Waals surface area (Å²) in [6, 6.07) is 0. The average molecular weight is 138 g/mol. The van der Waals surface area contributed by atoms with Gasteiger partial charge in [0.2, 0.25) is 0 Å². The van der Waals surface area contributed by atoms with Gasteiger partial charge in [-0.2, -0.15) is 4.89 Å². The van der Waals surface area contributed by atoms with Crippen LogP contribution in [0.4, 0.5) is 0 Å². The van der Waals surface area contributed by atoms with E-state index in [2.05, 4.69) is 4.89 Å². The van der Waals surface area contributed by atoms with Crippen molar-refractivity contribution >= 4 is 17.9 Å². The number of hydrogen-bond donors (Lipinski definition) is 0. The summed E-state index contributed by atoms with van der Waals surface area (Å²) in [5.41, 5.74) is -1.35. The normalized spacial score (nSPS) is 17.4. The number of aldehydes is 1. The topological polar surface area (TPSA) is 46.2 Å². The van der Waals surface area contributed by atoms with E-state index in [4.69, 9.17) is 11.6 Å². The fraction of sp³-hybridized carbons (Fsp3) is 0.750. The Kier molecular flexibility index (Phi) is 2.97. The van der Waals surface area contributed by atoms with Crippen LogP contribution >= 0.6 is 11.6 Å². The summed E-state index contributed by atoms with van der Waals surface area (Å²) < 4.78 is 0. The Morgan fingerprint density at radius 2 is 2.38 bits per heavy atom. The van der Waals surface area contributed by atoms with Crippen LogP contribution < -0.4 is 0 Å². The predicted molar refractivity (Wildman–Crippen MR) is 27.0 cm³/mol. The maximum Gasteiger partial charge on any atom is 0.172 e. The molecule has 8 heavy (non-hydrogen) atoms. The van der Waals surface area contributed by atoms with Gasteiger partial charge < -0.3 is 0 Å². The molecule has 1 unspecified atom stereocenters. The standard InChI is InChI=1S/C4H6ClO3/c1-4(2-5,3-6)8-7/h3H,2H2,1H3. The van der Waals surface area contributed by atoms with E-state index >= 15 is 0 Å².